The first-order valence-corrected chi connectivity index (χ1v) is 20.8. The zero-order valence-corrected chi connectivity index (χ0v) is 36.5. The molecule has 3 aromatic rings. The fourth-order valence-electron chi connectivity index (χ4n) is 6.82. The van der Waals surface area contributed by atoms with Crippen molar-refractivity contribution in [2.45, 2.75) is 110 Å². The topological polar surface area (TPSA) is 80.8 Å². The SMILES string of the molecule is CC(C)(C)OC(=O)N1CCN(Cc2cc(Cl)cc(Cl)c2)CC1.CC(C)(C)OC(=O)c1cc(C2CC2)c(CN2CCC(Oc3cc(Cl)cc(OC(F)(F)F)c3)CC2)cc1F. The summed E-state index contributed by atoms with van der Waals surface area (Å²) in [5.41, 5.74) is 1.72. The van der Waals surface area contributed by atoms with Crippen LogP contribution in [-0.4, -0.2) is 89.7 Å². The summed E-state index contributed by atoms with van der Waals surface area (Å²) in [6.07, 6.45) is -1.99. The summed E-state index contributed by atoms with van der Waals surface area (Å²) in [5.74, 6) is -1.17. The first-order chi connectivity index (χ1) is 27.5. The lowest BCUT2D eigenvalue weighted by atomic mass is 9.97. The molecule has 3 aliphatic rings. The van der Waals surface area contributed by atoms with Crippen molar-refractivity contribution in [1.29, 1.82) is 0 Å². The maximum atomic E-state index is 14.9. The van der Waals surface area contributed by atoms with Gasteiger partial charge in [-0.15, -0.1) is 13.2 Å². The zero-order valence-electron chi connectivity index (χ0n) is 34.2. The van der Waals surface area contributed by atoms with Gasteiger partial charge in [-0.25, -0.2) is 14.0 Å². The molecule has 6 rings (SSSR count). The van der Waals surface area contributed by atoms with E-state index in [2.05, 4.69) is 14.5 Å². The van der Waals surface area contributed by atoms with Crippen LogP contribution < -0.4 is 9.47 Å². The number of hydrogen-bond donors (Lipinski definition) is 0. The molecule has 2 saturated heterocycles. The van der Waals surface area contributed by atoms with E-state index in [4.69, 9.17) is 49.0 Å². The molecule has 9 nitrogen and oxygen atoms in total. The van der Waals surface area contributed by atoms with Crippen LogP contribution in [0.5, 0.6) is 11.5 Å². The summed E-state index contributed by atoms with van der Waals surface area (Å²) in [7, 11) is 0. The molecule has 2 aliphatic heterocycles. The van der Waals surface area contributed by atoms with Gasteiger partial charge in [-0.2, -0.15) is 0 Å². The Labute approximate surface area is 358 Å². The fraction of sp³-hybridized carbons (Fsp3) is 0.535. The Balaban J connectivity index is 0.000000256. The van der Waals surface area contributed by atoms with Crippen LogP contribution in [0.25, 0.3) is 0 Å². The highest BCUT2D eigenvalue weighted by molar-refractivity contribution is 6.34. The Morgan fingerprint density at radius 2 is 1.24 bits per heavy atom. The summed E-state index contributed by atoms with van der Waals surface area (Å²) >= 11 is 18.0. The molecule has 2 heterocycles. The van der Waals surface area contributed by atoms with E-state index < -0.39 is 35.1 Å². The van der Waals surface area contributed by atoms with E-state index in [1.807, 2.05) is 32.9 Å². The number of carbonyl (C=O) groups is 2. The van der Waals surface area contributed by atoms with E-state index in [1.165, 1.54) is 18.2 Å². The average Bonchev–Trinajstić information content (AvgIpc) is 3.93. The Hall–Kier alpha value is -3.49. The third kappa shape index (κ3) is 15.5. The van der Waals surface area contributed by atoms with Gasteiger partial charge in [-0.05, 0) is 132 Å². The largest absolute Gasteiger partial charge is 0.573 e. The van der Waals surface area contributed by atoms with Crippen molar-refractivity contribution >= 4 is 46.9 Å². The van der Waals surface area contributed by atoms with Crippen LogP contribution in [0.3, 0.4) is 0 Å². The molecule has 1 saturated carbocycles. The van der Waals surface area contributed by atoms with Gasteiger partial charge in [-0.3, -0.25) is 9.80 Å². The van der Waals surface area contributed by atoms with Gasteiger partial charge >= 0.3 is 18.4 Å². The number of ether oxygens (including phenoxy) is 4. The summed E-state index contributed by atoms with van der Waals surface area (Å²) in [6.45, 7) is 16.5. The van der Waals surface area contributed by atoms with Crippen molar-refractivity contribution in [2.75, 3.05) is 39.3 Å². The van der Waals surface area contributed by atoms with Crippen molar-refractivity contribution in [3.05, 3.63) is 91.7 Å². The highest BCUT2D eigenvalue weighted by Crippen LogP contribution is 2.43. The van der Waals surface area contributed by atoms with Gasteiger partial charge in [0.25, 0.3) is 0 Å². The van der Waals surface area contributed by atoms with Gasteiger partial charge in [0, 0.05) is 73.5 Å². The average molecular weight is 889 g/mol. The first kappa shape index (κ1) is 46.6. The predicted molar refractivity (Wildman–Crippen MR) is 220 cm³/mol. The number of rotatable bonds is 9. The van der Waals surface area contributed by atoms with E-state index in [9.17, 15) is 27.2 Å². The van der Waals surface area contributed by atoms with Crippen LogP contribution in [0.4, 0.5) is 22.4 Å². The molecular formula is C43H52Cl3F4N3O6. The highest BCUT2D eigenvalue weighted by Gasteiger charge is 2.33. The minimum absolute atomic E-state index is 0.0388. The standard InChI is InChI=1S/C27H30ClF4NO4.C16H22Cl2N2O2/c1-26(2,3)37-25(34)23-14-22(16-4-5-16)17(10-24(23)29)15-33-8-6-19(7-9-33)35-20-11-18(28)12-21(13-20)36-27(30,31)32;1-16(2,3)22-15(21)20-6-4-19(5-7-20)11-12-8-13(17)10-14(18)9-12/h10-14,16,19H,4-9,15H2,1-3H3;8-10H,4-7,11H2,1-3H3. The van der Waals surface area contributed by atoms with Crippen molar-refractivity contribution in [3.63, 3.8) is 0 Å². The number of piperazine rings is 1. The summed E-state index contributed by atoms with van der Waals surface area (Å²) in [5, 5.41) is 1.38. The van der Waals surface area contributed by atoms with E-state index in [0.29, 0.717) is 61.5 Å². The van der Waals surface area contributed by atoms with Crippen molar-refractivity contribution in [1.82, 2.24) is 14.7 Å². The number of likely N-dealkylation sites (tertiary alicyclic amines) is 1. The normalized spacial score (nSPS) is 17.2. The Bertz CT molecular complexity index is 1910. The lowest BCUT2D eigenvalue weighted by Gasteiger charge is -2.35. The molecule has 0 aromatic heterocycles. The summed E-state index contributed by atoms with van der Waals surface area (Å²) < 4.78 is 73.2. The molecule has 0 radical (unpaired) electrons. The maximum absolute atomic E-state index is 14.9. The van der Waals surface area contributed by atoms with Crippen LogP contribution in [-0.2, 0) is 22.6 Å². The zero-order chi connectivity index (χ0) is 43.3. The number of hydrogen-bond acceptors (Lipinski definition) is 8. The van der Waals surface area contributed by atoms with Crippen molar-refractivity contribution in [2.24, 2.45) is 0 Å². The fourth-order valence-corrected chi connectivity index (χ4v) is 7.61. The third-order valence-corrected chi connectivity index (χ3v) is 10.2. The van der Waals surface area contributed by atoms with Gasteiger partial charge in [0.05, 0.1) is 5.56 Å². The summed E-state index contributed by atoms with van der Waals surface area (Å²) in [6, 6.07) is 12.4. The molecule has 3 fully saturated rings. The lowest BCUT2D eigenvalue weighted by molar-refractivity contribution is -0.274. The molecule has 0 N–H and O–H groups in total. The number of halogens is 7. The molecule has 0 spiro atoms. The smallest absolute Gasteiger partial charge is 0.490 e. The van der Waals surface area contributed by atoms with Crippen LogP contribution in [0.2, 0.25) is 15.1 Å². The molecule has 3 aromatic carbocycles. The third-order valence-electron chi connectivity index (χ3n) is 9.53. The van der Waals surface area contributed by atoms with Gasteiger partial charge in [0.1, 0.15) is 34.6 Å². The van der Waals surface area contributed by atoms with Gasteiger partial charge in [0.15, 0.2) is 0 Å². The molecule has 324 valence electrons. The molecular weight excluding hydrogens is 837 g/mol. The number of benzene rings is 3. The number of piperidine rings is 1. The second kappa shape index (κ2) is 19.5. The van der Waals surface area contributed by atoms with Crippen LogP contribution in [0.1, 0.15) is 100 Å². The second-order valence-electron chi connectivity index (χ2n) is 17.1. The minimum atomic E-state index is -4.82. The Morgan fingerprint density at radius 1 is 0.678 bits per heavy atom. The van der Waals surface area contributed by atoms with E-state index >= 15 is 0 Å². The van der Waals surface area contributed by atoms with E-state index in [-0.39, 0.29) is 28.5 Å². The minimum Gasteiger partial charge on any atom is -0.490 e. The number of alkyl halides is 3. The van der Waals surface area contributed by atoms with Crippen LogP contribution >= 0.6 is 34.8 Å². The van der Waals surface area contributed by atoms with Crippen molar-refractivity contribution < 1.29 is 46.1 Å². The monoisotopic (exact) mass is 887 g/mol. The van der Waals surface area contributed by atoms with Crippen molar-refractivity contribution in [3.8, 4) is 11.5 Å². The first-order valence-electron chi connectivity index (χ1n) is 19.6. The molecule has 1 amide bonds. The highest BCUT2D eigenvalue weighted by atomic mass is 35.5. The quantitative estimate of drug-likeness (QED) is 0.155. The Kier molecular flexibility index (Phi) is 15.4. The van der Waals surface area contributed by atoms with Gasteiger partial charge in [-0.1, -0.05) is 34.8 Å². The number of amides is 1. The van der Waals surface area contributed by atoms with Gasteiger partial charge < -0.3 is 23.8 Å². The molecule has 0 bridgehead atoms. The molecule has 0 unspecified atom stereocenters. The van der Waals surface area contributed by atoms with E-state index in [0.717, 1.165) is 55.2 Å². The second-order valence-corrected chi connectivity index (χ2v) is 18.4. The predicted octanol–water partition coefficient (Wildman–Crippen LogP) is 11.3. The van der Waals surface area contributed by atoms with Crippen LogP contribution in [0.15, 0.2) is 48.5 Å². The molecule has 59 heavy (non-hydrogen) atoms. The molecule has 0 atom stereocenters. The number of esters is 1. The Morgan fingerprint density at radius 3 is 1.80 bits per heavy atom. The van der Waals surface area contributed by atoms with E-state index in [1.54, 1.807) is 37.8 Å². The summed E-state index contributed by atoms with van der Waals surface area (Å²) in [4.78, 5) is 30.8. The molecule has 16 heteroatoms. The number of nitrogens with zero attached hydrogens (tertiary/aromatic N) is 3. The maximum Gasteiger partial charge on any atom is 0.573 e. The number of carbonyl (C=O) groups excluding carboxylic acids is 2. The van der Waals surface area contributed by atoms with Crippen LogP contribution in [0, 0.1) is 5.82 Å². The van der Waals surface area contributed by atoms with Gasteiger partial charge in [0.2, 0.25) is 0 Å². The lowest BCUT2D eigenvalue weighted by Crippen LogP contribution is -2.49. The molecule has 1 aliphatic carbocycles.